The minimum atomic E-state index is 0.269. The van der Waals surface area contributed by atoms with Gasteiger partial charge in [0.25, 0.3) is 0 Å². The van der Waals surface area contributed by atoms with Gasteiger partial charge < -0.3 is 10.0 Å². The normalized spacial score (nSPS) is 15.2. The predicted octanol–water partition coefficient (Wildman–Crippen LogP) is 4.76. The minimum absolute atomic E-state index is 0.269. The van der Waals surface area contributed by atoms with E-state index < -0.39 is 0 Å². The summed E-state index contributed by atoms with van der Waals surface area (Å²) in [7, 11) is 0. The number of phenols is 1. The van der Waals surface area contributed by atoms with Crippen molar-refractivity contribution in [2.45, 2.75) is 19.3 Å². The molecule has 26 heavy (non-hydrogen) atoms. The molecule has 0 bridgehead atoms. The molecule has 1 N–H and O–H groups in total. The van der Waals surface area contributed by atoms with Crippen LogP contribution in [-0.2, 0) is 12.8 Å². The van der Waals surface area contributed by atoms with E-state index in [-0.39, 0.29) is 5.75 Å². The molecule has 4 heteroatoms. The van der Waals surface area contributed by atoms with Crippen molar-refractivity contribution in [2.75, 3.05) is 11.4 Å². The molecular formula is C22H18N2OS. The number of aromatic hydroxyl groups is 1. The van der Waals surface area contributed by atoms with Crippen molar-refractivity contribution in [3.05, 3.63) is 66.0 Å². The van der Waals surface area contributed by atoms with E-state index in [1.54, 1.807) is 12.1 Å². The smallest absolute Gasteiger partial charge is 0.116 e. The molecule has 0 fully saturated rings. The molecule has 2 aliphatic rings. The first-order chi connectivity index (χ1) is 12.7. The molecule has 3 nitrogen and oxygen atoms in total. The van der Waals surface area contributed by atoms with E-state index in [1.807, 2.05) is 24.5 Å². The molecule has 2 aromatic carbocycles. The Balaban J connectivity index is 1.60. The van der Waals surface area contributed by atoms with Crippen LogP contribution in [-0.4, -0.2) is 21.6 Å². The molecule has 0 amide bonds. The van der Waals surface area contributed by atoms with Gasteiger partial charge in [-0.15, -0.1) is 0 Å². The fraction of sp³-hybridized carbons (Fsp3) is 0.182. The third kappa shape index (κ3) is 2.49. The summed E-state index contributed by atoms with van der Waals surface area (Å²) in [4.78, 5) is 7.84. The fourth-order valence-corrected chi connectivity index (χ4v) is 4.35. The summed E-state index contributed by atoms with van der Waals surface area (Å²) >= 11 is 5.54. The van der Waals surface area contributed by atoms with Gasteiger partial charge in [-0.2, -0.15) is 0 Å². The molecule has 0 aliphatic carbocycles. The second-order valence-corrected chi connectivity index (χ2v) is 7.42. The molecule has 2 aliphatic heterocycles. The van der Waals surface area contributed by atoms with Gasteiger partial charge in [-0.1, -0.05) is 24.4 Å². The number of aromatic nitrogens is 1. The van der Waals surface area contributed by atoms with Crippen LogP contribution >= 0.6 is 12.2 Å². The molecule has 3 aromatic rings. The number of nitrogens with zero attached hydrogens (tertiary/aromatic N) is 2. The van der Waals surface area contributed by atoms with Crippen LogP contribution in [0.2, 0.25) is 0 Å². The summed E-state index contributed by atoms with van der Waals surface area (Å²) in [6, 6.07) is 14.0. The van der Waals surface area contributed by atoms with Crippen molar-refractivity contribution in [1.82, 2.24) is 4.98 Å². The molecule has 0 atom stereocenters. The number of thiocarbonyl (C=S) groups is 1. The predicted molar refractivity (Wildman–Crippen MR) is 109 cm³/mol. The summed E-state index contributed by atoms with van der Waals surface area (Å²) in [5, 5.41) is 9.75. The van der Waals surface area contributed by atoms with Gasteiger partial charge in [0.05, 0.1) is 4.99 Å². The van der Waals surface area contributed by atoms with Gasteiger partial charge in [0, 0.05) is 42.2 Å². The third-order valence-corrected chi connectivity index (χ3v) is 5.73. The standard InChI is InChI=1S/C22H18N2OS/c25-20-3-1-2-14(11-20)18-10-19(13-23-12-18)17-8-15-4-5-21(26)24-7-6-16(9-17)22(15)24/h1-3,8-13,25H,4-7H2. The van der Waals surface area contributed by atoms with Crippen LogP contribution in [0.4, 0.5) is 5.69 Å². The van der Waals surface area contributed by atoms with Crippen LogP contribution in [0.1, 0.15) is 17.5 Å². The maximum Gasteiger partial charge on any atom is 0.116 e. The van der Waals surface area contributed by atoms with E-state index in [9.17, 15) is 5.11 Å². The molecule has 1 aromatic heterocycles. The molecule has 3 heterocycles. The van der Waals surface area contributed by atoms with Crippen LogP contribution in [0, 0.1) is 0 Å². The Labute approximate surface area is 157 Å². The molecule has 0 radical (unpaired) electrons. The van der Waals surface area contributed by atoms with Crippen molar-refractivity contribution >= 4 is 22.9 Å². The zero-order valence-electron chi connectivity index (χ0n) is 14.3. The lowest BCUT2D eigenvalue weighted by atomic mass is 9.93. The van der Waals surface area contributed by atoms with E-state index in [4.69, 9.17) is 12.2 Å². The lowest BCUT2D eigenvalue weighted by Gasteiger charge is -2.28. The van der Waals surface area contributed by atoms with E-state index in [2.05, 4.69) is 28.1 Å². The molecule has 0 saturated carbocycles. The first-order valence-electron chi connectivity index (χ1n) is 8.90. The monoisotopic (exact) mass is 358 g/mol. The average Bonchev–Trinajstić information content (AvgIpc) is 3.10. The molecule has 128 valence electrons. The molecule has 0 saturated heterocycles. The number of aryl methyl sites for hydroxylation is 1. The Hall–Kier alpha value is -2.72. The maximum absolute atomic E-state index is 9.75. The lowest BCUT2D eigenvalue weighted by molar-refractivity contribution is 0.475. The van der Waals surface area contributed by atoms with Gasteiger partial charge in [0.2, 0.25) is 0 Å². The maximum atomic E-state index is 9.75. The van der Waals surface area contributed by atoms with Gasteiger partial charge >= 0.3 is 0 Å². The largest absolute Gasteiger partial charge is 0.508 e. The van der Waals surface area contributed by atoms with Gasteiger partial charge in [0.15, 0.2) is 0 Å². The topological polar surface area (TPSA) is 36.4 Å². The zero-order valence-corrected chi connectivity index (χ0v) is 15.1. The molecular weight excluding hydrogens is 340 g/mol. The first kappa shape index (κ1) is 15.5. The Morgan fingerprint density at radius 3 is 2.42 bits per heavy atom. The van der Waals surface area contributed by atoms with Crippen molar-refractivity contribution in [3.63, 3.8) is 0 Å². The molecule has 5 rings (SSSR count). The number of hydrogen-bond donors (Lipinski definition) is 1. The summed E-state index contributed by atoms with van der Waals surface area (Å²) in [5.41, 5.74) is 8.43. The number of anilines is 1. The first-order valence-corrected chi connectivity index (χ1v) is 9.31. The van der Waals surface area contributed by atoms with Crippen molar-refractivity contribution in [1.29, 1.82) is 0 Å². The van der Waals surface area contributed by atoms with E-state index in [0.717, 1.165) is 47.5 Å². The second kappa shape index (κ2) is 5.92. The van der Waals surface area contributed by atoms with Gasteiger partial charge in [-0.25, -0.2) is 0 Å². The van der Waals surface area contributed by atoms with Crippen molar-refractivity contribution in [2.24, 2.45) is 0 Å². The highest BCUT2D eigenvalue weighted by Crippen LogP contribution is 2.40. The Kier molecular flexibility index (Phi) is 3.54. The van der Waals surface area contributed by atoms with E-state index >= 15 is 0 Å². The summed E-state index contributed by atoms with van der Waals surface area (Å²) in [5.74, 6) is 0.269. The highest BCUT2D eigenvalue weighted by molar-refractivity contribution is 7.80. The van der Waals surface area contributed by atoms with E-state index in [0.29, 0.717) is 0 Å². The summed E-state index contributed by atoms with van der Waals surface area (Å²) < 4.78 is 0. The molecule has 0 unspecified atom stereocenters. The number of pyridine rings is 1. The van der Waals surface area contributed by atoms with Crippen LogP contribution in [0.5, 0.6) is 5.75 Å². The van der Waals surface area contributed by atoms with Gasteiger partial charge in [-0.3, -0.25) is 4.98 Å². The van der Waals surface area contributed by atoms with Crippen molar-refractivity contribution < 1.29 is 5.11 Å². The molecule has 0 spiro atoms. The fourth-order valence-electron chi connectivity index (χ4n) is 4.07. The minimum Gasteiger partial charge on any atom is -0.508 e. The summed E-state index contributed by atoms with van der Waals surface area (Å²) in [6.45, 7) is 1.01. The Morgan fingerprint density at radius 2 is 1.62 bits per heavy atom. The van der Waals surface area contributed by atoms with Crippen LogP contribution < -0.4 is 4.90 Å². The number of rotatable bonds is 2. The van der Waals surface area contributed by atoms with Gasteiger partial charge in [-0.05, 0) is 65.4 Å². The summed E-state index contributed by atoms with van der Waals surface area (Å²) in [6.07, 6.45) is 6.80. The zero-order chi connectivity index (χ0) is 17.7. The van der Waals surface area contributed by atoms with E-state index in [1.165, 1.54) is 22.4 Å². The number of benzene rings is 2. The van der Waals surface area contributed by atoms with Crippen LogP contribution in [0.25, 0.3) is 22.3 Å². The van der Waals surface area contributed by atoms with Gasteiger partial charge in [0.1, 0.15) is 5.75 Å². The quantitative estimate of drug-likeness (QED) is 0.670. The average molecular weight is 358 g/mol. The number of hydrogen-bond acceptors (Lipinski definition) is 3. The Morgan fingerprint density at radius 1 is 0.846 bits per heavy atom. The highest BCUT2D eigenvalue weighted by Gasteiger charge is 2.29. The van der Waals surface area contributed by atoms with Crippen LogP contribution in [0.3, 0.4) is 0 Å². The highest BCUT2D eigenvalue weighted by atomic mass is 32.1. The SMILES string of the molecule is Oc1cccc(-c2cncc(-c3cc4c5c(c3)CCN5C(=S)CC4)c2)c1. The third-order valence-electron chi connectivity index (χ3n) is 5.30. The number of phenolic OH excluding ortho intramolecular Hbond substituents is 1. The van der Waals surface area contributed by atoms with Crippen molar-refractivity contribution in [3.8, 4) is 28.0 Å². The van der Waals surface area contributed by atoms with Crippen LogP contribution in [0.15, 0.2) is 54.9 Å². The lowest BCUT2D eigenvalue weighted by Crippen LogP contribution is -2.31. The second-order valence-electron chi connectivity index (χ2n) is 6.95. The Bertz CT molecular complexity index is 1040.